The van der Waals surface area contributed by atoms with Gasteiger partial charge in [0.2, 0.25) is 0 Å². The second-order valence-corrected chi connectivity index (χ2v) is 6.68. The van der Waals surface area contributed by atoms with Crippen LogP contribution in [-0.2, 0) is 0 Å². The molecule has 0 saturated carbocycles. The predicted octanol–water partition coefficient (Wildman–Crippen LogP) is 3.72. The number of carbonyl (C=O) groups is 2. The number of fused-ring (bicyclic) bond motifs is 1. The lowest BCUT2D eigenvalue weighted by Crippen LogP contribution is -2.30. The van der Waals surface area contributed by atoms with E-state index in [2.05, 4.69) is 4.98 Å². The molecule has 0 unspecified atom stereocenters. The monoisotopic (exact) mass is 375 g/mol. The molecule has 0 spiro atoms. The van der Waals surface area contributed by atoms with Gasteiger partial charge in [0, 0.05) is 24.6 Å². The Bertz CT molecular complexity index is 930. The third-order valence-electron chi connectivity index (χ3n) is 4.81. The van der Waals surface area contributed by atoms with Gasteiger partial charge in [0.25, 0.3) is 11.8 Å². The van der Waals surface area contributed by atoms with Crippen LogP contribution in [0.3, 0.4) is 0 Å². The fourth-order valence-corrected chi connectivity index (χ4v) is 3.31. The highest BCUT2D eigenvalue weighted by Gasteiger charge is 2.34. The fourth-order valence-electron chi connectivity index (χ4n) is 3.31. The number of carbonyl (C=O) groups excluding carboxylic acids is 2. The average Bonchev–Trinajstić information content (AvgIpc) is 3.34. The lowest BCUT2D eigenvalue weighted by Gasteiger charge is -2.13. The van der Waals surface area contributed by atoms with E-state index in [-0.39, 0.29) is 11.8 Å². The Kier molecular flexibility index (Phi) is 5.19. The number of imidazole rings is 1. The van der Waals surface area contributed by atoms with Gasteiger partial charge in [0.05, 0.1) is 24.1 Å². The Balaban J connectivity index is 1.18. The summed E-state index contributed by atoms with van der Waals surface area (Å²) in [7, 11) is 0. The molecule has 6 heteroatoms. The topological polar surface area (TPSA) is 64.4 Å². The van der Waals surface area contributed by atoms with Gasteiger partial charge in [-0.15, -0.1) is 0 Å². The standard InChI is InChI=1S/C22H21N3O3/c26-21-19-6-2-3-7-20(19)22(27)25(21)13-4-1-5-15-28-18-10-8-17(9-11-18)24-14-12-23-16-24/h2-3,6-12,14,16H,1,4-5,13,15H2. The minimum absolute atomic E-state index is 0.185. The molecule has 6 nitrogen and oxygen atoms in total. The van der Waals surface area contributed by atoms with Crippen molar-refractivity contribution in [2.75, 3.05) is 13.2 Å². The largest absolute Gasteiger partial charge is 0.494 e. The number of hydrogen-bond acceptors (Lipinski definition) is 4. The van der Waals surface area contributed by atoms with Crippen molar-refractivity contribution in [3.63, 3.8) is 0 Å². The average molecular weight is 375 g/mol. The highest BCUT2D eigenvalue weighted by molar-refractivity contribution is 6.21. The molecular weight excluding hydrogens is 354 g/mol. The van der Waals surface area contributed by atoms with Crippen molar-refractivity contribution in [2.45, 2.75) is 19.3 Å². The van der Waals surface area contributed by atoms with E-state index in [4.69, 9.17) is 4.74 Å². The van der Waals surface area contributed by atoms with E-state index < -0.39 is 0 Å². The van der Waals surface area contributed by atoms with Crippen molar-refractivity contribution >= 4 is 11.8 Å². The van der Waals surface area contributed by atoms with E-state index in [9.17, 15) is 9.59 Å². The summed E-state index contributed by atoms with van der Waals surface area (Å²) in [4.78, 5) is 30.0. The maximum Gasteiger partial charge on any atom is 0.261 e. The lowest BCUT2D eigenvalue weighted by atomic mass is 10.1. The van der Waals surface area contributed by atoms with Crippen LogP contribution in [-0.4, -0.2) is 39.4 Å². The third-order valence-corrected chi connectivity index (χ3v) is 4.81. The van der Waals surface area contributed by atoms with Gasteiger partial charge in [-0.05, 0) is 55.7 Å². The number of imide groups is 1. The van der Waals surface area contributed by atoms with Crippen LogP contribution in [0.1, 0.15) is 40.0 Å². The number of amides is 2. The number of rotatable bonds is 8. The maximum atomic E-state index is 12.3. The van der Waals surface area contributed by atoms with Crippen molar-refractivity contribution in [3.05, 3.63) is 78.4 Å². The first-order valence-corrected chi connectivity index (χ1v) is 9.40. The van der Waals surface area contributed by atoms with Crippen LogP contribution in [0.15, 0.2) is 67.3 Å². The van der Waals surface area contributed by atoms with Gasteiger partial charge < -0.3 is 9.30 Å². The molecular formula is C22H21N3O3. The molecule has 0 N–H and O–H groups in total. The van der Waals surface area contributed by atoms with Crippen LogP contribution in [0.5, 0.6) is 5.75 Å². The van der Waals surface area contributed by atoms with Crippen LogP contribution >= 0.6 is 0 Å². The summed E-state index contributed by atoms with van der Waals surface area (Å²) in [6.45, 7) is 1.05. The third kappa shape index (κ3) is 3.67. The van der Waals surface area contributed by atoms with Crippen LogP contribution in [0.25, 0.3) is 5.69 Å². The summed E-state index contributed by atoms with van der Waals surface area (Å²) >= 11 is 0. The van der Waals surface area contributed by atoms with E-state index in [1.807, 2.05) is 35.0 Å². The first kappa shape index (κ1) is 18.0. The van der Waals surface area contributed by atoms with Gasteiger partial charge in [-0.25, -0.2) is 4.98 Å². The zero-order valence-corrected chi connectivity index (χ0v) is 15.5. The molecule has 0 aliphatic carbocycles. The Morgan fingerprint density at radius 1 is 0.857 bits per heavy atom. The maximum absolute atomic E-state index is 12.3. The summed E-state index contributed by atoms with van der Waals surface area (Å²) in [5, 5.41) is 0. The zero-order chi connectivity index (χ0) is 19.3. The van der Waals surface area contributed by atoms with Crippen LogP contribution in [0.4, 0.5) is 0 Å². The molecule has 0 radical (unpaired) electrons. The van der Waals surface area contributed by atoms with E-state index in [1.165, 1.54) is 4.90 Å². The second kappa shape index (κ2) is 8.08. The molecule has 2 amide bonds. The molecule has 1 aliphatic rings. The fraction of sp³-hybridized carbons (Fsp3) is 0.227. The van der Waals surface area contributed by atoms with Gasteiger partial charge in [0.1, 0.15) is 5.75 Å². The molecule has 2 aromatic carbocycles. The van der Waals surface area contributed by atoms with Crippen LogP contribution in [0.2, 0.25) is 0 Å². The number of aromatic nitrogens is 2. The Morgan fingerprint density at radius 3 is 2.21 bits per heavy atom. The summed E-state index contributed by atoms with van der Waals surface area (Å²) in [6, 6.07) is 14.8. The van der Waals surface area contributed by atoms with Crippen LogP contribution in [0, 0.1) is 0 Å². The van der Waals surface area contributed by atoms with Crippen molar-refractivity contribution < 1.29 is 14.3 Å². The first-order chi connectivity index (χ1) is 13.7. The van der Waals surface area contributed by atoms with Crippen molar-refractivity contribution in [1.29, 1.82) is 0 Å². The molecule has 28 heavy (non-hydrogen) atoms. The van der Waals surface area contributed by atoms with Gasteiger partial charge in [0.15, 0.2) is 0 Å². The molecule has 0 saturated heterocycles. The van der Waals surface area contributed by atoms with Gasteiger partial charge >= 0.3 is 0 Å². The molecule has 142 valence electrons. The highest BCUT2D eigenvalue weighted by Crippen LogP contribution is 2.23. The van der Waals surface area contributed by atoms with Crippen molar-refractivity contribution in [1.82, 2.24) is 14.5 Å². The predicted molar refractivity (Wildman–Crippen MR) is 105 cm³/mol. The molecule has 3 aromatic rings. The summed E-state index contributed by atoms with van der Waals surface area (Å²) in [5.41, 5.74) is 2.05. The zero-order valence-electron chi connectivity index (χ0n) is 15.5. The first-order valence-electron chi connectivity index (χ1n) is 9.40. The SMILES string of the molecule is O=C1c2ccccc2C(=O)N1CCCCCOc1ccc(-n2ccnc2)cc1. The molecule has 0 atom stereocenters. The Morgan fingerprint density at radius 2 is 1.57 bits per heavy atom. The second-order valence-electron chi connectivity index (χ2n) is 6.68. The molecule has 1 aromatic heterocycles. The van der Waals surface area contributed by atoms with Crippen molar-refractivity contribution in [3.8, 4) is 11.4 Å². The lowest BCUT2D eigenvalue weighted by molar-refractivity contribution is 0.0651. The summed E-state index contributed by atoms with van der Waals surface area (Å²) in [6.07, 6.45) is 7.92. The molecule has 0 bridgehead atoms. The van der Waals surface area contributed by atoms with Crippen molar-refractivity contribution in [2.24, 2.45) is 0 Å². The summed E-state index contributed by atoms with van der Waals surface area (Å²) < 4.78 is 7.70. The normalized spacial score (nSPS) is 13.1. The van der Waals surface area contributed by atoms with Gasteiger partial charge in [-0.2, -0.15) is 0 Å². The minimum atomic E-state index is -0.185. The van der Waals surface area contributed by atoms with Gasteiger partial charge in [-0.3, -0.25) is 14.5 Å². The Labute approximate surface area is 163 Å². The highest BCUT2D eigenvalue weighted by atomic mass is 16.5. The summed E-state index contributed by atoms with van der Waals surface area (Å²) in [5.74, 6) is 0.453. The van der Waals surface area contributed by atoms with E-state index in [1.54, 1.807) is 36.8 Å². The molecule has 2 heterocycles. The Hall–Kier alpha value is -3.41. The minimum Gasteiger partial charge on any atom is -0.494 e. The van der Waals surface area contributed by atoms with E-state index in [0.717, 1.165) is 30.7 Å². The molecule has 4 rings (SSSR count). The number of unbranched alkanes of at least 4 members (excludes halogenated alkanes) is 2. The smallest absolute Gasteiger partial charge is 0.261 e. The number of benzene rings is 2. The number of hydrogen-bond donors (Lipinski definition) is 0. The number of nitrogens with zero attached hydrogens (tertiary/aromatic N) is 3. The van der Waals surface area contributed by atoms with E-state index >= 15 is 0 Å². The number of ether oxygens (including phenoxy) is 1. The van der Waals surface area contributed by atoms with E-state index in [0.29, 0.717) is 24.3 Å². The van der Waals surface area contributed by atoms with Crippen LogP contribution < -0.4 is 4.74 Å². The molecule has 0 fully saturated rings. The van der Waals surface area contributed by atoms with Gasteiger partial charge in [-0.1, -0.05) is 12.1 Å². The molecule has 1 aliphatic heterocycles. The quantitative estimate of drug-likeness (QED) is 0.445.